The van der Waals surface area contributed by atoms with Crippen LogP contribution in [0.1, 0.15) is 0 Å². The van der Waals surface area contributed by atoms with Crippen molar-refractivity contribution in [2.24, 2.45) is 0 Å². The molecule has 1 heterocycles. The van der Waals surface area contributed by atoms with Crippen LogP contribution in [0.2, 0.25) is 0 Å². The van der Waals surface area contributed by atoms with E-state index in [9.17, 15) is 8.42 Å². The molecule has 1 N–H and O–H groups in total. The van der Waals surface area contributed by atoms with E-state index in [1.807, 2.05) is 42.5 Å². The molecule has 0 spiro atoms. The lowest BCUT2D eigenvalue weighted by Gasteiger charge is -2.17. The minimum atomic E-state index is -3.35. The second-order valence-corrected chi connectivity index (χ2v) is 5.65. The Morgan fingerprint density at radius 3 is 2.59 bits per heavy atom. The van der Waals surface area contributed by atoms with Crippen LogP contribution in [-0.4, -0.2) is 21.5 Å². The molecule has 2 aromatic rings. The molecule has 88 valence electrons. The van der Waals surface area contributed by atoms with Gasteiger partial charge >= 0.3 is 10.2 Å². The smallest absolute Gasteiger partial charge is 0.256 e. The summed E-state index contributed by atoms with van der Waals surface area (Å²) in [6.45, 7) is 0.946. The maximum Gasteiger partial charge on any atom is 0.301 e. The molecule has 4 nitrogen and oxygen atoms in total. The summed E-state index contributed by atoms with van der Waals surface area (Å²) in [6.07, 6.45) is 0. The van der Waals surface area contributed by atoms with Gasteiger partial charge in [-0.05, 0) is 11.5 Å². The molecule has 2 aromatic carbocycles. The number of nitrogens with zero attached hydrogens (tertiary/aromatic N) is 1. The van der Waals surface area contributed by atoms with Gasteiger partial charge in [0.05, 0.1) is 5.69 Å². The van der Waals surface area contributed by atoms with Crippen molar-refractivity contribution in [2.45, 2.75) is 0 Å². The Labute approximate surface area is 100 Å². The molecule has 0 radical (unpaired) electrons. The molecule has 1 aliphatic rings. The van der Waals surface area contributed by atoms with Crippen LogP contribution in [0, 0.1) is 0 Å². The zero-order valence-corrected chi connectivity index (χ0v) is 9.94. The SMILES string of the molecule is O=S1(=O)NCCN1c1cccc2ccccc12. The van der Waals surface area contributed by atoms with E-state index in [0.29, 0.717) is 13.1 Å². The Morgan fingerprint density at radius 2 is 1.82 bits per heavy atom. The maximum atomic E-state index is 11.8. The number of benzene rings is 2. The average molecular weight is 248 g/mol. The van der Waals surface area contributed by atoms with E-state index in [4.69, 9.17) is 0 Å². The number of hydrogen-bond donors (Lipinski definition) is 1. The van der Waals surface area contributed by atoms with Crippen LogP contribution in [0.15, 0.2) is 42.5 Å². The van der Waals surface area contributed by atoms with Gasteiger partial charge in [-0.1, -0.05) is 36.4 Å². The van der Waals surface area contributed by atoms with Crippen LogP contribution in [0.5, 0.6) is 0 Å². The zero-order valence-electron chi connectivity index (χ0n) is 9.13. The minimum absolute atomic E-state index is 0.464. The standard InChI is InChI=1S/C12H12N2O2S/c15-17(16)13-8-9-14(17)12-7-3-5-10-4-1-2-6-11(10)12/h1-7,13H,8-9H2. The van der Waals surface area contributed by atoms with Crippen molar-refractivity contribution in [3.63, 3.8) is 0 Å². The first-order chi connectivity index (χ1) is 8.18. The third-order valence-electron chi connectivity index (χ3n) is 2.92. The van der Waals surface area contributed by atoms with Gasteiger partial charge in [-0.25, -0.2) is 0 Å². The van der Waals surface area contributed by atoms with Crippen LogP contribution in [0.4, 0.5) is 5.69 Å². The molecule has 1 aliphatic heterocycles. The van der Waals surface area contributed by atoms with Crippen molar-refractivity contribution in [3.8, 4) is 0 Å². The lowest BCUT2D eigenvalue weighted by Crippen LogP contribution is -2.29. The summed E-state index contributed by atoms with van der Waals surface area (Å²) in [5.41, 5.74) is 0.744. The predicted molar refractivity (Wildman–Crippen MR) is 68.2 cm³/mol. The molecule has 0 aromatic heterocycles. The summed E-state index contributed by atoms with van der Waals surface area (Å²) in [7, 11) is -3.35. The van der Waals surface area contributed by atoms with Crippen molar-refractivity contribution in [1.29, 1.82) is 0 Å². The number of fused-ring (bicyclic) bond motifs is 1. The molecule has 3 rings (SSSR count). The second kappa shape index (κ2) is 3.72. The van der Waals surface area contributed by atoms with Crippen LogP contribution in [0.3, 0.4) is 0 Å². The average Bonchev–Trinajstić information content (AvgIpc) is 2.68. The summed E-state index contributed by atoms with van der Waals surface area (Å²) in [4.78, 5) is 0. The summed E-state index contributed by atoms with van der Waals surface area (Å²) in [5, 5.41) is 2.01. The van der Waals surface area contributed by atoms with Crippen LogP contribution in [0.25, 0.3) is 10.8 Å². The van der Waals surface area contributed by atoms with E-state index < -0.39 is 10.2 Å². The number of anilines is 1. The summed E-state index contributed by atoms with van der Waals surface area (Å²) >= 11 is 0. The molecule has 17 heavy (non-hydrogen) atoms. The molecule has 0 unspecified atom stereocenters. The van der Waals surface area contributed by atoms with E-state index in [1.165, 1.54) is 4.31 Å². The van der Waals surface area contributed by atoms with Gasteiger partial charge in [0.1, 0.15) is 0 Å². The first-order valence-corrected chi connectivity index (χ1v) is 6.87. The zero-order chi connectivity index (χ0) is 11.9. The Kier molecular flexibility index (Phi) is 2.31. The van der Waals surface area contributed by atoms with Crippen LogP contribution < -0.4 is 9.03 Å². The normalized spacial score (nSPS) is 18.7. The first-order valence-electron chi connectivity index (χ1n) is 5.43. The van der Waals surface area contributed by atoms with Crippen molar-refractivity contribution in [3.05, 3.63) is 42.5 Å². The summed E-state index contributed by atoms with van der Waals surface area (Å²) in [6, 6.07) is 13.5. The molecular weight excluding hydrogens is 236 g/mol. The number of nitrogens with one attached hydrogen (secondary N) is 1. The second-order valence-electron chi connectivity index (χ2n) is 3.97. The van der Waals surface area contributed by atoms with Gasteiger partial charge in [0.2, 0.25) is 0 Å². The topological polar surface area (TPSA) is 49.4 Å². The lowest BCUT2D eigenvalue weighted by atomic mass is 10.1. The Balaban J connectivity index is 2.24. The van der Waals surface area contributed by atoms with E-state index in [2.05, 4.69) is 4.72 Å². The molecule has 0 atom stereocenters. The molecule has 1 saturated heterocycles. The highest BCUT2D eigenvalue weighted by Gasteiger charge is 2.28. The van der Waals surface area contributed by atoms with Gasteiger partial charge < -0.3 is 0 Å². The van der Waals surface area contributed by atoms with E-state index in [1.54, 1.807) is 0 Å². The van der Waals surface area contributed by atoms with E-state index in [0.717, 1.165) is 16.5 Å². The molecule has 1 fully saturated rings. The first kappa shape index (κ1) is 10.6. The molecule has 0 bridgehead atoms. The molecule has 0 saturated carbocycles. The van der Waals surface area contributed by atoms with Crippen molar-refractivity contribution in [1.82, 2.24) is 4.72 Å². The molecular formula is C12H12N2O2S. The Bertz CT molecular complexity index is 662. The summed E-state index contributed by atoms with van der Waals surface area (Å²) in [5.74, 6) is 0. The van der Waals surface area contributed by atoms with E-state index >= 15 is 0 Å². The fourth-order valence-electron chi connectivity index (χ4n) is 2.15. The highest BCUT2D eigenvalue weighted by Crippen LogP contribution is 2.29. The molecule has 5 heteroatoms. The molecule has 0 amide bonds. The Hall–Kier alpha value is -1.59. The largest absolute Gasteiger partial charge is 0.301 e. The quantitative estimate of drug-likeness (QED) is 0.831. The number of rotatable bonds is 1. The van der Waals surface area contributed by atoms with Crippen molar-refractivity contribution >= 4 is 26.7 Å². The van der Waals surface area contributed by atoms with Gasteiger partial charge in [0, 0.05) is 18.5 Å². The van der Waals surface area contributed by atoms with Crippen molar-refractivity contribution < 1.29 is 8.42 Å². The number of hydrogen-bond acceptors (Lipinski definition) is 2. The van der Waals surface area contributed by atoms with Gasteiger partial charge in [-0.15, -0.1) is 0 Å². The fraction of sp³-hybridized carbons (Fsp3) is 0.167. The van der Waals surface area contributed by atoms with E-state index in [-0.39, 0.29) is 0 Å². The third kappa shape index (κ3) is 1.67. The Morgan fingerprint density at radius 1 is 1.06 bits per heavy atom. The van der Waals surface area contributed by atoms with Crippen LogP contribution in [-0.2, 0) is 10.2 Å². The minimum Gasteiger partial charge on any atom is -0.256 e. The van der Waals surface area contributed by atoms with Gasteiger partial charge in [0.25, 0.3) is 0 Å². The maximum absolute atomic E-state index is 11.8. The monoisotopic (exact) mass is 248 g/mol. The predicted octanol–water partition coefficient (Wildman–Crippen LogP) is 1.49. The van der Waals surface area contributed by atoms with Gasteiger partial charge in [-0.3, -0.25) is 4.31 Å². The van der Waals surface area contributed by atoms with Gasteiger partial charge in [0.15, 0.2) is 0 Å². The fourth-order valence-corrected chi connectivity index (χ4v) is 3.40. The highest BCUT2D eigenvalue weighted by molar-refractivity contribution is 7.91. The van der Waals surface area contributed by atoms with Crippen LogP contribution >= 0.6 is 0 Å². The van der Waals surface area contributed by atoms with Crippen molar-refractivity contribution in [2.75, 3.05) is 17.4 Å². The third-order valence-corrected chi connectivity index (χ3v) is 4.45. The lowest BCUT2D eigenvalue weighted by molar-refractivity contribution is 0.592. The van der Waals surface area contributed by atoms with Gasteiger partial charge in [-0.2, -0.15) is 13.1 Å². The summed E-state index contributed by atoms with van der Waals surface area (Å²) < 4.78 is 27.6. The molecule has 0 aliphatic carbocycles. The highest BCUT2D eigenvalue weighted by atomic mass is 32.2.